The number of carbonyl (C=O) groups excluding carboxylic acids is 2. The fraction of sp³-hybridized carbons (Fsp3) is 0.500. The molecule has 7 heavy (non-hydrogen) atoms. The third-order valence-electron chi connectivity index (χ3n) is 0.979. The highest BCUT2D eigenvalue weighted by Gasteiger charge is 2.25. The molecule has 0 aromatic heterocycles. The Balaban J connectivity index is 2.43. The molecule has 3 heteroatoms. The number of aldehydes is 1. The van der Waals surface area contributed by atoms with Crippen LogP contribution in [-0.2, 0) is 9.59 Å². The van der Waals surface area contributed by atoms with Crippen LogP contribution in [-0.4, -0.2) is 24.7 Å². The number of rotatable bonds is 1. The van der Waals surface area contributed by atoms with E-state index in [2.05, 4.69) is 5.32 Å². The van der Waals surface area contributed by atoms with Gasteiger partial charge in [-0.2, -0.15) is 0 Å². The molecule has 1 fully saturated rings. The molecule has 1 N–H and O–H groups in total. The standard InChI is InChI=1S/C4H5NO2/c6-2-3-4(7)1-5-3/h2-3,5H,1H2. The predicted octanol–water partition coefficient (Wildman–Crippen LogP) is -1.27. The van der Waals surface area contributed by atoms with E-state index in [-0.39, 0.29) is 5.78 Å². The van der Waals surface area contributed by atoms with Gasteiger partial charge in [-0.15, -0.1) is 0 Å². The second-order valence-corrected chi connectivity index (χ2v) is 1.46. The fourth-order valence-electron chi connectivity index (χ4n) is 0.427. The summed E-state index contributed by atoms with van der Waals surface area (Å²) in [6.07, 6.45) is 0.617. The van der Waals surface area contributed by atoms with Crippen molar-refractivity contribution < 1.29 is 9.59 Å². The topological polar surface area (TPSA) is 46.2 Å². The summed E-state index contributed by atoms with van der Waals surface area (Å²) in [6.45, 7) is 0.364. The van der Waals surface area contributed by atoms with Gasteiger partial charge in [0.1, 0.15) is 12.3 Å². The molecular formula is C4H5NO2. The van der Waals surface area contributed by atoms with Gasteiger partial charge >= 0.3 is 0 Å². The van der Waals surface area contributed by atoms with Gasteiger partial charge in [0.15, 0.2) is 5.78 Å². The van der Waals surface area contributed by atoms with Gasteiger partial charge in [0.2, 0.25) is 0 Å². The fourth-order valence-corrected chi connectivity index (χ4v) is 0.427. The van der Waals surface area contributed by atoms with Crippen LogP contribution in [0, 0.1) is 0 Å². The van der Waals surface area contributed by atoms with Crippen molar-refractivity contribution in [1.82, 2.24) is 5.32 Å². The molecule has 0 aliphatic carbocycles. The summed E-state index contributed by atoms with van der Waals surface area (Å²) in [5, 5.41) is 2.63. The van der Waals surface area contributed by atoms with Gasteiger partial charge in [-0.25, -0.2) is 0 Å². The molecule has 1 aliphatic heterocycles. The van der Waals surface area contributed by atoms with Crippen molar-refractivity contribution in [1.29, 1.82) is 0 Å². The number of hydrogen-bond donors (Lipinski definition) is 1. The van der Waals surface area contributed by atoms with Crippen molar-refractivity contribution in [3.05, 3.63) is 0 Å². The van der Waals surface area contributed by atoms with Crippen LogP contribution in [0.5, 0.6) is 0 Å². The Labute approximate surface area is 40.7 Å². The zero-order valence-corrected chi connectivity index (χ0v) is 3.68. The Morgan fingerprint density at radius 3 is 2.57 bits per heavy atom. The molecule has 0 amide bonds. The molecule has 1 atom stereocenters. The number of ketones is 1. The molecule has 0 spiro atoms. The summed E-state index contributed by atoms with van der Waals surface area (Å²) in [5.41, 5.74) is 0. The molecule has 0 aromatic carbocycles. The Kier molecular flexibility index (Phi) is 0.906. The molecule has 0 saturated carbocycles. The molecule has 1 aliphatic rings. The van der Waals surface area contributed by atoms with Crippen molar-refractivity contribution in [2.75, 3.05) is 6.54 Å². The van der Waals surface area contributed by atoms with Gasteiger partial charge in [-0.05, 0) is 0 Å². The maximum absolute atomic E-state index is 10.2. The maximum Gasteiger partial charge on any atom is 0.170 e. The summed E-state index contributed by atoms with van der Waals surface area (Å²) < 4.78 is 0. The second kappa shape index (κ2) is 1.42. The summed E-state index contributed by atoms with van der Waals surface area (Å²) in [4.78, 5) is 19.9. The first-order valence-electron chi connectivity index (χ1n) is 2.06. The van der Waals surface area contributed by atoms with E-state index in [1.807, 2.05) is 0 Å². The van der Waals surface area contributed by atoms with E-state index in [1.165, 1.54) is 0 Å². The van der Waals surface area contributed by atoms with Crippen molar-refractivity contribution in [3.63, 3.8) is 0 Å². The largest absolute Gasteiger partial charge is 0.301 e. The Morgan fingerprint density at radius 2 is 2.57 bits per heavy atom. The summed E-state index contributed by atoms with van der Waals surface area (Å²) in [6, 6.07) is -0.486. The number of nitrogens with one attached hydrogen (secondary N) is 1. The molecular weight excluding hydrogens is 94.0 g/mol. The van der Waals surface area contributed by atoms with Gasteiger partial charge in [0.25, 0.3) is 0 Å². The maximum atomic E-state index is 10.2. The van der Waals surface area contributed by atoms with E-state index >= 15 is 0 Å². The molecule has 38 valence electrons. The third kappa shape index (κ3) is 0.544. The van der Waals surface area contributed by atoms with Crippen molar-refractivity contribution in [2.24, 2.45) is 0 Å². The normalized spacial score (nSPS) is 29.1. The zero-order valence-electron chi connectivity index (χ0n) is 3.68. The average molecular weight is 99.1 g/mol. The quantitative estimate of drug-likeness (QED) is 0.329. The molecule has 1 unspecified atom stereocenters. The molecule has 1 saturated heterocycles. The van der Waals surface area contributed by atoms with Gasteiger partial charge in [0, 0.05) is 0 Å². The highest BCUT2D eigenvalue weighted by atomic mass is 16.2. The van der Waals surface area contributed by atoms with Crippen LogP contribution in [0.2, 0.25) is 0 Å². The van der Waals surface area contributed by atoms with Crippen LogP contribution >= 0.6 is 0 Å². The zero-order chi connectivity index (χ0) is 5.28. The predicted molar refractivity (Wildman–Crippen MR) is 22.9 cm³/mol. The molecule has 0 bridgehead atoms. The minimum atomic E-state index is -0.486. The lowest BCUT2D eigenvalue weighted by Crippen LogP contribution is -2.54. The highest BCUT2D eigenvalue weighted by molar-refractivity contribution is 6.03. The van der Waals surface area contributed by atoms with Crippen molar-refractivity contribution in [3.8, 4) is 0 Å². The van der Waals surface area contributed by atoms with Gasteiger partial charge in [-0.3, -0.25) is 10.1 Å². The van der Waals surface area contributed by atoms with Crippen LogP contribution in [0.3, 0.4) is 0 Å². The van der Waals surface area contributed by atoms with Crippen LogP contribution in [0.1, 0.15) is 0 Å². The molecule has 3 nitrogen and oxygen atoms in total. The Hall–Kier alpha value is -0.700. The molecule has 1 rings (SSSR count). The summed E-state index contributed by atoms with van der Waals surface area (Å²) in [7, 11) is 0. The van der Waals surface area contributed by atoms with Gasteiger partial charge < -0.3 is 4.79 Å². The Morgan fingerprint density at radius 1 is 1.86 bits per heavy atom. The lowest BCUT2D eigenvalue weighted by atomic mass is 10.1. The lowest BCUT2D eigenvalue weighted by Gasteiger charge is -2.18. The van der Waals surface area contributed by atoms with E-state index in [4.69, 9.17) is 0 Å². The number of hydrogen-bond acceptors (Lipinski definition) is 3. The van der Waals surface area contributed by atoms with Crippen LogP contribution < -0.4 is 5.32 Å². The third-order valence-corrected chi connectivity index (χ3v) is 0.979. The summed E-state index contributed by atoms with van der Waals surface area (Å²) >= 11 is 0. The summed E-state index contributed by atoms with van der Waals surface area (Å²) in [5.74, 6) is -0.00463. The number of Topliss-reactive ketones (excluding diaryl/α,β-unsaturated/α-hetero) is 1. The molecule has 0 radical (unpaired) electrons. The van der Waals surface area contributed by atoms with Crippen LogP contribution in [0.4, 0.5) is 0 Å². The van der Waals surface area contributed by atoms with Crippen LogP contribution in [0.15, 0.2) is 0 Å². The molecule has 1 heterocycles. The average Bonchev–Trinajstić information content (AvgIpc) is 1.65. The minimum absolute atomic E-state index is 0.00463. The Bertz CT molecular complexity index is 110. The lowest BCUT2D eigenvalue weighted by molar-refractivity contribution is -0.129. The van der Waals surface area contributed by atoms with E-state index in [0.717, 1.165) is 0 Å². The minimum Gasteiger partial charge on any atom is -0.301 e. The van der Waals surface area contributed by atoms with Gasteiger partial charge in [0.05, 0.1) is 6.54 Å². The SMILES string of the molecule is O=CC1NCC1=O. The van der Waals surface area contributed by atoms with Crippen molar-refractivity contribution in [2.45, 2.75) is 6.04 Å². The first kappa shape index (κ1) is 4.46. The van der Waals surface area contributed by atoms with E-state index < -0.39 is 6.04 Å². The smallest absolute Gasteiger partial charge is 0.170 e. The van der Waals surface area contributed by atoms with Gasteiger partial charge in [-0.1, -0.05) is 0 Å². The molecule has 0 aromatic rings. The van der Waals surface area contributed by atoms with E-state index in [1.54, 1.807) is 0 Å². The highest BCUT2D eigenvalue weighted by Crippen LogP contribution is 1.90. The van der Waals surface area contributed by atoms with Crippen LogP contribution in [0.25, 0.3) is 0 Å². The number of carbonyl (C=O) groups is 2. The van der Waals surface area contributed by atoms with E-state index in [9.17, 15) is 9.59 Å². The van der Waals surface area contributed by atoms with Crippen molar-refractivity contribution >= 4 is 12.1 Å². The first-order chi connectivity index (χ1) is 3.34. The second-order valence-electron chi connectivity index (χ2n) is 1.46. The monoisotopic (exact) mass is 99.0 g/mol. The van der Waals surface area contributed by atoms with E-state index in [0.29, 0.717) is 12.8 Å². The first-order valence-corrected chi connectivity index (χ1v) is 2.06.